The summed E-state index contributed by atoms with van der Waals surface area (Å²) in [6.45, 7) is 0. The zero-order chi connectivity index (χ0) is 41.7. The summed E-state index contributed by atoms with van der Waals surface area (Å²) in [6.07, 6.45) is 6.29. The third kappa shape index (κ3) is 7.21. The molecule has 63 heavy (non-hydrogen) atoms. The van der Waals surface area contributed by atoms with Gasteiger partial charge in [-0.1, -0.05) is 170 Å². The number of hydrogen-bond acceptors (Lipinski definition) is 6. The van der Waals surface area contributed by atoms with Gasteiger partial charge >= 0.3 is 0 Å². The van der Waals surface area contributed by atoms with Crippen LogP contribution < -0.4 is 0 Å². The van der Waals surface area contributed by atoms with Gasteiger partial charge in [0.15, 0.2) is 34.9 Å². The van der Waals surface area contributed by atoms with Crippen molar-refractivity contribution in [3.05, 3.63) is 193 Å². The molecule has 2 saturated carbocycles. The summed E-state index contributed by atoms with van der Waals surface area (Å²) in [5.74, 6) is 6.53. The summed E-state index contributed by atoms with van der Waals surface area (Å²) in [7, 11) is 0. The molecule has 302 valence electrons. The van der Waals surface area contributed by atoms with E-state index in [4.69, 9.17) is 29.9 Å². The van der Waals surface area contributed by atoms with Gasteiger partial charge in [-0.15, -0.1) is 0 Å². The Hall–Kier alpha value is -7.44. The Morgan fingerprint density at radius 1 is 0.254 bits per heavy atom. The van der Waals surface area contributed by atoms with E-state index >= 15 is 0 Å². The molecule has 0 saturated heterocycles. The van der Waals surface area contributed by atoms with Crippen molar-refractivity contribution in [2.75, 3.05) is 0 Å². The van der Waals surface area contributed by atoms with Crippen molar-refractivity contribution in [2.45, 2.75) is 43.9 Å². The fourth-order valence-electron chi connectivity index (χ4n) is 10.7. The van der Waals surface area contributed by atoms with Gasteiger partial charge in [0.1, 0.15) is 0 Å². The second-order valence-electron chi connectivity index (χ2n) is 17.6. The SMILES string of the molecule is c1ccc(-c2nc(-c3ccccc3)nc(-c3cccc(-c4ccc5c(c4)C4CC6CC(C4)CC(C6)c4cc(-c6nc(-c7ccccc7)nc(-c7ccccc7)n6)ccc4-5)c3)n2)cc1. The fourth-order valence-corrected chi connectivity index (χ4v) is 10.7. The van der Waals surface area contributed by atoms with E-state index in [2.05, 4.69) is 109 Å². The van der Waals surface area contributed by atoms with E-state index in [0.29, 0.717) is 46.8 Å². The fraction of sp³-hybridized carbons (Fsp3) is 0.158. The molecule has 2 fully saturated rings. The van der Waals surface area contributed by atoms with Crippen molar-refractivity contribution in [3.8, 4) is 90.6 Å². The molecule has 2 unspecified atom stereocenters. The minimum atomic E-state index is 0.498. The van der Waals surface area contributed by atoms with Crippen molar-refractivity contribution >= 4 is 0 Å². The molecule has 6 heteroatoms. The number of nitrogens with zero attached hydrogens (tertiary/aromatic N) is 6. The first-order valence-corrected chi connectivity index (χ1v) is 22.3. The number of aromatic nitrogens is 6. The second-order valence-corrected chi connectivity index (χ2v) is 17.6. The molecule has 0 radical (unpaired) electrons. The molecule has 6 nitrogen and oxygen atoms in total. The predicted octanol–water partition coefficient (Wildman–Crippen LogP) is 13.8. The zero-order valence-electron chi connectivity index (χ0n) is 34.8. The van der Waals surface area contributed by atoms with E-state index in [1.54, 1.807) is 0 Å². The van der Waals surface area contributed by atoms with Crippen LogP contribution in [0.25, 0.3) is 90.6 Å². The largest absolute Gasteiger partial charge is 0.208 e. The van der Waals surface area contributed by atoms with Crippen LogP contribution >= 0.6 is 0 Å². The first kappa shape index (κ1) is 37.3. The third-order valence-corrected chi connectivity index (χ3v) is 13.5. The van der Waals surface area contributed by atoms with E-state index in [0.717, 1.165) is 50.8 Å². The topological polar surface area (TPSA) is 77.3 Å². The van der Waals surface area contributed by atoms with Crippen molar-refractivity contribution in [1.29, 1.82) is 0 Å². The Morgan fingerprint density at radius 2 is 0.556 bits per heavy atom. The third-order valence-electron chi connectivity index (χ3n) is 13.5. The van der Waals surface area contributed by atoms with E-state index in [1.165, 1.54) is 59.9 Å². The molecular weight excluding hydrogens is 769 g/mol. The summed E-state index contributed by atoms with van der Waals surface area (Å²) in [5.41, 5.74) is 13.9. The summed E-state index contributed by atoms with van der Waals surface area (Å²) in [5, 5.41) is 0. The maximum absolute atomic E-state index is 5.14. The Kier molecular flexibility index (Phi) is 9.36. The lowest BCUT2D eigenvalue weighted by Crippen LogP contribution is -2.29. The minimum Gasteiger partial charge on any atom is -0.208 e. The van der Waals surface area contributed by atoms with Crippen LogP contribution in [0.2, 0.25) is 0 Å². The summed E-state index contributed by atoms with van der Waals surface area (Å²) in [4.78, 5) is 30.3. The Balaban J connectivity index is 0.960. The van der Waals surface area contributed by atoms with Crippen LogP contribution in [0.3, 0.4) is 0 Å². The highest BCUT2D eigenvalue weighted by molar-refractivity contribution is 5.81. The van der Waals surface area contributed by atoms with Gasteiger partial charge in [-0.25, -0.2) is 29.9 Å². The summed E-state index contributed by atoms with van der Waals surface area (Å²) in [6, 6.07) is 63.8. The van der Waals surface area contributed by atoms with Crippen LogP contribution in [0, 0.1) is 11.8 Å². The van der Waals surface area contributed by atoms with Gasteiger partial charge in [0.2, 0.25) is 0 Å². The Morgan fingerprint density at radius 3 is 0.968 bits per heavy atom. The van der Waals surface area contributed by atoms with Crippen LogP contribution in [0.4, 0.5) is 0 Å². The molecule has 7 aromatic carbocycles. The minimum absolute atomic E-state index is 0.498. The lowest BCUT2D eigenvalue weighted by molar-refractivity contribution is 0.153. The van der Waals surface area contributed by atoms with Gasteiger partial charge in [-0.05, 0) is 101 Å². The smallest absolute Gasteiger partial charge is 0.164 e. The van der Waals surface area contributed by atoms with Crippen LogP contribution in [0.1, 0.15) is 55.1 Å². The normalized spacial score (nSPS) is 18.5. The molecule has 2 aromatic heterocycles. The molecule has 4 aliphatic rings. The second kappa shape index (κ2) is 15.8. The number of rotatable bonds is 7. The van der Waals surface area contributed by atoms with E-state index in [-0.39, 0.29) is 0 Å². The molecular formula is C57H44N6. The highest BCUT2D eigenvalue weighted by Gasteiger charge is 2.40. The van der Waals surface area contributed by atoms with Crippen molar-refractivity contribution < 1.29 is 0 Å². The van der Waals surface area contributed by atoms with E-state index in [9.17, 15) is 0 Å². The monoisotopic (exact) mass is 812 g/mol. The highest BCUT2D eigenvalue weighted by atomic mass is 15.0. The average molecular weight is 813 g/mol. The quantitative estimate of drug-likeness (QED) is 0.159. The van der Waals surface area contributed by atoms with Crippen LogP contribution in [-0.4, -0.2) is 29.9 Å². The van der Waals surface area contributed by atoms with E-state index in [1.807, 2.05) is 72.8 Å². The Bertz CT molecular complexity index is 2990. The molecule has 0 N–H and O–H groups in total. The highest BCUT2D eigenvalue weighted by Crippen LogP contribution is 2.56. The van der Waals surface area contributed by atoms with Gasteiger partial charge < -0.3 is 0 Å². The van der Waals surface area contributed by atoms with Crippen LogP contribution in [0.5, 0.6) is 0 Å². The molecule has 9 aromatic rings. The Labute approximate surface area is 367 Å². The van der Waals surface area contributed by atoms with Gasteiger partial charge in [0, 0.05) is 33.4 Å². The first-order chi connectivity index (χ1) is 31.1. The first-order valence-electron chi connectivity index (χ1n) is 22.3. The molecule has 2 atom stereocenters. The van der Waals surface area contributed by atoms with Crippen molar-refractivity contribution in [2.24, 2.45) is 11.8 Å². The summed E-state index contributed by atoms with van der Waals surface area (Å²) < 4.78 is 0. The van der Waals surface area contributed by atoms with Crippen LogP contribution in [-0.2, 0) is 0 Å². The molecule has 0 amide bonds. The number of hydrogen-bond donors (Lipinski definition) is 0. The molecule has 0 aliphatic heterocycles. The van der Waals surface area contributed by atoms with Crippen molar-refractivity contribution in [3.63, 3.8) is 0 Å². The zero-order valence-corrected chi connectivity index (χ0v) is 34.8. The molecule has 4 aliphatic carbocycles. The number of benzene rings is 7. The lowest BCUT2D eigenvalue weighted by Gasteiger charge is -2.42. The summed E-state index contributed by atoms with van der Waals surface area (Å²) >= 11 is 0. The average Bonchev–Trinajstić information content (AvgIpc) is 3.42. The van der Waals surface area contributed by atoms with E-state index < -0.39 is 0 Å². The maximum Gasteiger partial charge on any atom is 0.164 e. The molecule has 0 spiro atoms. The van der Waals surface area contributed by atoms with Gasteiger partial charge in [0.05, 0.1) is 0 Å². The predicted molar refractivity (Wildman–Crippen MR) is 252 cm³/mol. The van der Waals surface area contributed by atoms with Gasteiger partial charge in [0.25, 0.3) is 0 Å². The van der Waals surface area contributed by atoms with Crippen LogP contribution in [0.15, 0.2) is 182 Å². The standard InChI is InChI=1S/C57H44N6/c1-5-14-38(15-6-1)52-58-53(39-16-7-2-8-17-39)61-56(60-52)44-23-13-22-42(33-44)43-24-26-48-49-27-25-45(35-51(49)47-31-36-28-37(32-47)30-46(29-36)50(48)34-43)57-62-54(40-18-9-3-10-19-40)59-55(63-57)41-20-11-4-12-21-41/h1-27,33-37,46-47H,28-32H2. The molecule has 13 rings (SSSR count). The maximum atomic E-state index is 5.14. The lowest BCUT2D eigenvalue weighted by atomic mass is 9.63. The molecule has 2 heterocycles. The van der Waals surface area contributed by atoms with Gasteiger partial charge in [-0.3, -0.25) is 0 Å². The molecule has 4 bridgehead atoms. The van der Waals surface area contributed by atoms with Crippen molar-refractivity contribution in [1.82, 2.24) is 29.9 Å². The van der Waals surface area contributed by atoms with Gasteiger partial charge in [-0.2, -0.15) is 0 Å².